The van der Waals surface area contributed by atoms with E-state index >= 15 is 0 Å². The van der Waals surface area contributed by atoms with Crippen LogP contribution in [0, 0.1) is 0 Å². The van der Waals surface area contributed by atoms with Gasteiger partial charge in [0.15, 0.2) is 0 Å². The van der Waals surface area contributed by atoms with Gasteiger partial charge in [0.2, 0.25) is 5.91 Å². The number of alkyl halides is 3. The molecule has 150 valence electrons. The number of nitrogens with zero attached hydrogens (tertiary/aromatic N) is 1. The van der Waals surface area contributed by atoms with E-state index in [4.69, 9.17) is 9.26 Å². The molecule has 0 aromatic heterocycles. The maximum absolute atomic E-state index is 13.2. The molecule has 2 atom stereocenters. The van der Waals surface area contributed by atoms with E-state index in [0.29, 0.717) is 6.42 Å². The predicted molar refractivity (Wildman–Crippen MR) is 82.3 cm³/mol. The number of rotatable bonds is 3. The molecule has 0 bridgehead atoms. The van der Waals surface area contributed by atoms with Crippen LogP contribution < -0.4 is 73.6 Å². The molecule has 0 unspecified atom stereocenters. The molecule has 1 saturated heterocycles. The number of hydrogen-bond acceptors (Lipinski definition) is 6. The maximum atomic E-state index is 13.2. The van der Waals surface area contributed by atoms with Gasteiger partial charge in [-0.25, -0.2) is 0 Å². The second-order valence-corrected chi connectivity index (χ2v) is 8.17. The van der Waals surface area contributed by atoms with Gasteiger partial charge >= 0.3 is 65.3 Å². The molecule has 3 rings (SSSR count). The van der Waals surface area contributed by atoms with Crippen LogP contribution in [0.5, 0.6) is 5.75 Å². The summed E-state index contributed by atoms with van der Waals surface area (Å²) in [7, 11) is -5.51. The van der Waals surface area contributed by atoms with Crippen molar-refractivity contribution in [2.75, 3.05) is 6.54 Å². The summed E-state index contributed by atoms with van der Waals surface area (Å²) in [6, 6.07) is 1.57. The molecule has 0 aliphatic carbocycles. The zero-order chi connectivity index (χ0) is 20.2. The van der Waals surface area contributed by atoms with Crippen molar-refractivity contribution in [3.8, 4) is 5.75 Å². The Morgan fingerprint density at radius 3 is 2.38 bits per heavy atom. The number of amides is 1. The molecular weight excluding hydrogens is 436 g/mol. The first-order valence-electron chi connectivity index (χ1n) is 8.20. The van der Waals surface area contributed by atoms with Crippen molar-refractivity contribution >= 4 is 13.7 Å². The first-order valence-corrected chi connectivity index (χ1v) is 9.66. The Bertz CT molecular complexity index is 816. The summed E-state index contributed by atoms with van der Waals surface area (Å²) in [5.74, 6) is -0.287. The SMILES string of the molecule is CC1(C)Oc2ccc(C(F)(F)F)cc2[C@@H](N2CCCC2=O)[C@@H]1OP(=O)([O-])[O-].[Na+].[Na+]. The Kier molecular flexibility index (Phi) is 8.97. The molecule has 0 N–H and O–H groups in total. The molecule has 1 aromatic rings. The molecule has 2 aliphatic rings. The average Bonchev–Trinajstić information content (AvgIpc) is 2.91. The number of carbonyl (C=O) groups is 1. The van der Waals surface area contributed by atoms with Crippen molar-refractivity contribution in [1.29, 1.82) is 0 Å². The molecule has 1 aromatic carbocycles. The Morgan fingerprint density at radius 1 is 1.28 bits per heavy atom. The van der Waals surface area contributed by atoms with Gasteiger partial charge in [0.25, 0.3) is 0 Å². The Hall–Kier alpha value is 0.390. The molecule has 1 fully saturated rings. The number of fused-ring (bicyclic) bond motifs is 1. The van der Waals surface area contributed by atoms with E-state index in [1.165, 1.54) is 18.7 Å². The molecule has 0 radical (unpaired) electrons. The third kappa shape index (κ3) is 6.00. The number of ether oxygens (including phenoxy) is 1. The van der Waals surface area contributed by atoms with Crippen LogP contribution in [0.15, 0.2) is 18.2 Å². The first kappa shape index (κ1) is 27.4. The summed E-state index contributed by atoms with van der Waals surface area (Å²) in [5, 5.41) is 0. The topological polar surface area (TPSA) is 102 Å². The number of likely N-dealkylation sites (tertiary alicyclic amines) is 1. The number of phosphoric ester groups is 1. The summed E-state index contributed by atoms with van der Waals surface area (Å²) >= 11 is 0. The summed E-state index contributed by atoms with van der Waals surface area (Å²) in [4.78, 5) is 36.1. The second kappa shape index (κ2) is 9.48. The maximum Gasteiger partial charge on any atom is 1.00 e. The molecule has 0 saturated carbocycles. The summed E-state index contributed by atoms with van der Waals surface area (Å²) in [6.07, 6.45) is -5.50. The van der Waals surface area contributed by atoms with E-state index in [2.05, 4.69) is 0 Å². The Morgan fingerprint density at radius 2 is 1.90 bits per heavy atom. The minimum Gasteiger partial charge on any atom is -0.790 e. The van der Waals surface area contributed by atoms with Gasteiger partial charge < -0.3 is 28.5 Å². The molecule has 7 nitrogen and oxygen atoms in total. The number of phosphoric acid groups is 1. The van der Waals surface area contributed by atoms with Crippen LogP contribution in [0.2, 0.25) is 0 Å². The van der Waals surface area contributed by atoms with Gasteiger partial charge in [-0.05, 0) is 38.5 Å². The van der Waals surface area contributed by atoms with Gasteiger partial charge in [0.1, 0.15) is 17.5 Å². The molecular formula is C16H17F3NNa2O6P. The van der Waals surface area contributed by atoms with Crippen molar-refractivity contribution in [2.45, 2.75) is 50.6 Å². The van der Waals surface area contributed by atoms with Crippen molar-refractivity contribution < 1.29 is 101 Å². The van der Waals surface area contributed by atoms with Crippen LogP contribution in [0.4, 0.5) is 13.2 Å². The van der Waals surface area contributed by atoms with E-state index in [9.17, 15) is 32.3 Å². The molecule has 1 amide bonds. The fraction of sp³-hybridized carbons (Fsp3) is 0.562. The van der Waals surface area contributed by atoms with E-state index in [1.54, 1.807) is 0 Å². The number of carbonyl (C=O) groups excluding carboxylic acids is 1. The van der Waals surface area contributed by atoms with Gasteiger partial charge in [-0.15, -0.1) is 0 Å². The molecule has 13 heteroatoms. The number of hydrogen-bond donors (Lipinski definition) is 0. The average molecular weight is 453 g/mol. The zero-order valence-electron chi connectivity index (χ0n) is 16.5. The van der Waals surface area contributed by atoms with Crippen LogP contribution in [-0.4, -0.2) is 29.1 Å². The fourth-order valence-electron chi connectivity index (χ4n) is 3.55. The van der Waals surface area contributed by atoms with Gasteiger partial charge in [-0.2, -0.15) is 13.2 Å². The zero-order valence-corrected chi connectivity index (χ0v) is 21.4. The van der Waals surface area contributed by atoms with Gasteiger partial charge in [0.05, 0.1) is 19.4 Å². The fourth-order valence-corrected chi connectivity index (χ4v) is 4.20. The summed E-state index contributed by atoms with van der Waals surface area (Å²) < 4.78 is 61.1. The smallest absolute Gasteiger partial charge is 0.790 e. The van der Waals surface area contributed by atoms with Crippen LogP contribution >= 0.6 is 7.82 Å². The molecule has 0 spiro atoms. The van der Waals surface area contributed by atoms with Crippen molar-refractivity contribution in [3.05, 3.63) is 29.3 Å². The van der Waals surface area contributed by atoms with Crippen LogP contribution in [0.1, 0.15) is 43.9 Å². The third-order valence-corrected chi connectivity index (χ3v) is 5.17. The standard InChI is InChI=1S/C16H19F3NO6P.2Na/c1-15(2)14(26-27(22,23)24)13(20-7-3-4-12(20)21)10-8-9(16(17,18)19)5-6-11(10)25-15;;/h5-6,8,13-14H,3-4,7H2,1-2H3,(H2,22,23,24);;/q;2*+1/p-2/t13-,14+;;/m1../s1. The molecule has 2 aliphatic heterocycles. The Balaban J connectivity index is 0.00000210. The minimum absolute atomic E-state index is 0. The van der Waals surface area contributed by atoms with Crippen molar-refractivity contribution in [1.82, 2.24) is 4.90 Å². The van der Waals surface area contributed by atoms with Crippen molar-refractivity contribution in [3.63, 3.8) is 0 Å². The Labute approximate surface area is 210 Å². The second-order valence-electron chi connectivity index (χ2n) is 7.06. The first-order chi connectivity index (χ1) is 12.3. The quantitative estimate of drug-likeness (QED) is 0.340. The minimum atomic E-state index is -5.51. The largest absolute Gasteiger partial charge is 1.00 e. The number of benzene rings is 1. The molecule has 2 heterocycles. The van der Waals surface area contributed by atoms with Crippen LogP contribution in [-0.2, 0) is 20.1 Å². The van der Waals surface area contributed by atoms with E-state index in [0.717, 1.165) is 18.2 Å². The van der Waals surface area contributed by atoms with E-state index in [1.807, 2.05) is 0 Å². The number of halogens is 3. The molecule has 29 heavy (non-hydrogen) atoms. The third-order valence-electron chi connectivity index (χ3n) is 4.69. The monoisotopic (exact) mass is 453 g/mol. The van der Waals surface area contributed by atoms with Gasteiger partial charge in [0, 0.05) is 18.5 Å². The van der Waals surface area contributed by atoms with E-state index < -0.39 is 37.3 Å². The predicted octanol–water partition coefficient (Wildman–Crippen LogP) is -4.24. The van der Waals surface area contributed by atoms with Crippen molar-refractivity contribution in [2.24, 2.45) is 0 Å². The van der Waals surface area contributed by atoms with E-state index in [-0.39, 0.29) is 89.3 Å². The normalized spacial score (nSPS) is 23.6. The van der Waals surface area contributed by atoms with Gasteiger partial charge in [-0.3, -0.25) is 4.79 Å². The summed E-state index contributed by atoms with van der Waals surface area (Å²) in [5.41, 5.74) is -2.41. The van der Waals surface area contributed by atoms with Gasteiger partial charge in [-0.1, -0.05) is 0 Å². The summed E-state index contributed by atoms with van der Waals surface area (Å²) in [6.45, 7) is 3.10. The van der Waals surface area contributed by atoms with Crippen LogP contribution in [0.25, 0.3) is 0 Å². The van der Waals surface area contributed by atoms with Crippen LogP contribution in [0.3, 0.4) is 0 Å².